The summed E-state index contributed by atoms with van der Waals surface area (Å²) in [7, 11) is 0. The van der Waals surface area contributed by atoms with Crippen LogP contribution in [0.2, 0.25) is 0 Å². The summed E-state index contributed by atoms with van der Waals surface area (Å²) in [6, 6.07) is 0. The number of rotatable bonds is 4. The Balaban J connectivity index is 3.89. The minimum atomic E-state index is 0.0785. The van der Waals surface area contributed by atoms with Crippen molar-refractivity contribution in [3.63, 3.8) is 0 Å². The molecule has 0 aromatic carbocycles. The molecule has 1 nitrogen and oxygen atoms in total. The van der Waals surface area contributed by atoms with Gasteiger partial charge in [-0.05, 0) is 26.2 Å². The topological polar surface area (TPSA) is 12.0 Å². The van der Waals surface area contributed by atoms with E-state index in [9.17, 15) is 0 Å². The molecule has 0 rings (SSSR count). The first-order chi connectivity index (χ1) is 7.60. The fraction of sp³-hybridized carbons (Fsp3) is 0.625. The normalized spacial score (nSPS) is 12.1. The quantitative estimate of drug-likeness (QED) is 0.568. The molecule has 0 saturated heterocycles. The zero-order valence-electron chi connectivity index (χ0n) is 12.3. The Hall–Kier alpha value is -1.16. The Kier molecular flexibility index (Phi) is 6.10. The van der Waals surface area contributed by atoms with E-state index in [0.29, 0.717) is 6.54 Å². The standard InChI is InChI=1S/C16H27N/c1-14(10-8-11-15(2,3)4)17-13-9-12-16(5,6)7/h8,11,17H,1,10,13H2,2-7H3/b11-8+. The minimum Gasteiger partial charge on any atom is -0.378 e. The van der Waals surface area contributed by atoms with Crippen molar-refractivity contribution >= 4 is 0 Å². The van der Waals surface area contributed by atoms with E-state index < -0.39 is 0 Å². The van der Waals surface area contributed by atoms with E-state index in [-0.39, 0.29) is 10.8 Å². The second kappa shape index (κ2) is 6.55. The molecule has 0 fully saturated rings. The van der Waals surface area contributed by atoms with Gasteiger partial charge in [0.25, 0.3) is 0 Å². The van der Waals surface area contributed by atoms with E-state index in [4.69, 9.17) is 0 Å². The summed E-state index contributed by atoms with van der Waals surface area (Å²) in [5.41, 5.74) is 1.34. The third-order valence-corrected chi connectivity index (χ3v) is 1.87. The molecule has 0 aliphatic heterocycles. The van der Waals surface area contributed by atoms with Gasteiger partial charge in [0.1, 0.15) is 0 Å². The van der Waals surface area contributed by atoms with Crippen LogP contribution in [0.15, 0.2) is 24.4 Å². The van der Waals surface area contributed by atoms with Crippen LogP contribution >= 0.6 is 0 Å². The molecule has 1 heteroatoms. The van der Waals surface area contributed by atoms with Gasteiger partial charge in [0.05, 0.1) is 6.54 Å². The lowest BCUT2D eigenvalue weighted by molar-refractivity contribution is 0.542. The predicted octanol–water partition coefficient (Wildman–Crippen LogP) is 4.13. The molecule has 96 valence electrons. The summed E-state index contributed by atoms with van der Waals surface area (Å²) in [5, 5.41) is 3.22. The largest absolute Gasteiger partial charge is 0.378 e. The van der Waals surface area contributed by atoms with Gasteiger partial charge in [-0.25, -0.2) is 0 Å². The second-order valence-corrected chi connectivity index (χ2v) is 6.48. The number of allylic oxidation sites excluding steroid dienone is 2. The highest BCUT2D eigenvalue weighted by molar-refractivity contribution is 5.11. The van der Waals surface area contributed by atoms with Crippen molar-refractivity contribution in [2.24, 2.45) is 10.8 Å². The van der Waals surface area contributed by atoms with Crippen LogP contribution in [0.25, 0.3) is 0 Å². The Morgan fingerprint density at radius 2 is 1.76 bits per heavy atom. The van der Waals surface area contributed by atoms with Crippen LogP contribution in [0.1, 0.15) is 48.0 Å². The van der Waals surface area contributed by atoms with Crippen molar-refractivity contribution in [2.75, 3.05) is 6.54 Å². The summed E-state index contributed by atoms with van der Waals surface area (Å²) in [6.07, 6.45) is 5.24. The fourth-order valence-electron chi connectivity index (χ4n) is 1.11. The highest BCUT2D eigenvalue weighted by Crippen LogP contribution is 2.15. The van der Waals surface area contributed by atoms with Gasteiger partial charge in [-0.15, -0.1) is 0 Å². The second-order valence-electron chi connectivity index (χ2n) is 6.48. The van der Waals surface area contributed by atoms with Gasteiger partial charge < -0.3 is 5.32 Å². The molecule has 0 spiro atoms. The van der Waals surface area contributed by atoms with E-state index >= 15 is 0 Å². The molecule has 0 amide bonds. The molecular formula is C16H27N. The van der Waals surface area contributed by atoms with Gasteiger partial charge in [-0.2, -0.15) is 0 Å². The highest BCUT2D eigenvalue weighted by atomic mass is 14.9. The lowest BCUT2D eigenvalue weighted by Gasteiger charge is -2.11. The van der Waals surface area contributed by atoms with Crippen molar-refractivity contribution in [1.29, 1.82) is 0 Å². The first-order valence-corrected chi connectivity index (χ1v) is 6.19. The Morgan fingerprint density at radius 3 is 2.24 bits per heavy atom. The molecule has 0 heterocycles. The van der Waals surface area contributed by atoms with Gasteiger partial charge in [0.15, 0.2) is 0 Å². The van der Waals surface area contributed by atoms with Crippen molar-refractivity contribution in [3.05, 3.63) is 24.4 Å². The maximum Gasteiger partial charge on any atom is 0.0763 e. The zero-order valence-corrected chi connectivity index (χ0v) is 12.3. The summed E-state index contributed by atoms with van der Waals surface area (Å²) < 4.78 is 0. The monoisotopic (exact) mass is 233 g/mol. The van der Waals surface area contributed by atoms with Crippen molar-refractivity contribution in [1.82, 2.24) is 5.32 Å². The molecule has 0 aromatic heterocycles. The van der Waals surface area contributed by atoms with Gasteiger partial charge in [0.2, 0.25) is 0 Å². The van der Waals surface area contributed by atoms with E-state index in [0.717, 1.165) is 12.1 Å². The zero-order chi connectivity index (χ0) is 13.5. The molecular weight excluding hydrogens is 206 g/mol. The van der Waals surface area contributed by atoms with E-state index in [2.05, 4.69) is 77.4 Å². The SMILES string of the molecule is C=C(C/C=C/C(C)(C)C)NCC#CC(C)(C)C. The average molecular weight is 233 g/mol. The molecule has 0 bridgehead atoms. The van der Waals surface area contributed by atoms with Crippen molar-refractivity contribution < 1.29 is 0 Å². The smallest absolute Gasteiger partial charge is 0.0763 e. The lowest BCUT2D eigenvalue weighted by Crippen LogP contribution is -2.13. The van der Waals surface area contributed by atoms with Crippen LogP contribution in [0.5, 0.6) is 0 Å². The van der Waals surface area contributed by atoms with Crippen LogP contribution < -0.4 is 5.32 Å². The lowest BCUT2D eigenvalue weighted by atomic mass is 9.96. The van der Waals surface area contributed by atoms with Crippen LogP contribution in [0.3, 0.4) is 0 Å². The summed E-state index contributed by atoms with van der Waals surface area (Å²) >= 11 is 0. The van der Waals surface area contributed by atoms with Gasteiger partial charge >= 0.3 is 0 Å². The summed E-state index contributed by atoms with van der Waals surface area (Å²) in [4.78, 5) is 0. The maximum atomic E-state index is 3.98. The fourth-order valence-corrected chi connectivity index (χ4v) is 1.11. The molecule has 0 aliphatic rings. The van der Waals surface area contributed by atoms with Crippen LogP contribution in [-0.4, -0.2) is 6.54 Å². The molecule has 0 aromatic rings. The Labute approximate surface area is 107 Å². The number of nitrogens with one attached hydrogen (secondary N) is 1. The molecule has 0 aliphatic carbocycles. The summed E-state index contributed by atoms with van der Waals surface area (Å²) in [5.74, 6) is 6.30. The van der Waals surface area contributed by atoms with Gasteiger partial charge in [-0.1, -0.05) is 51.3 Å². The van der Waals surface area contributed by atoms with Gasteiger partial charge in [0, 0.05) is 17.5 Å². The van der Waals surface area contributed by atoms with Crippen LogP contribution in [0.4, 0.5) is 0 Å². The number of hydrogen-bond donors (Lipinski definition) is 1. The Morgan fingerprint density at radius 1 is 1.18 bits per heavy atom. The van der Waals surface area contributed by atoms with E-state index in [1.807, 2.05) is 0 Å². The molecule has 1 N–H and O–H groups in total. The number of hydrogen-bond acceptors (Lipinski definition) is 1. The van der Waals surface area contributed by atoms with Crippen molar-refractivity contribution in [3.8, 4) is 11.8 Å². The first kappa shape index (κ1) is 15.8. The summed E-state index contributed by atoms with van der Waals surface area (Å²) in [6.45, 7) is 17.6. The van der Waals surface area contributed by atoms with Gasteiger partial charge in [-0.3, -0.25) is 0 Å². The minimum absolute atomic E-state index is 0.0785. The molecule has 17 heavy (non-hydrogen) atoms. The maximum absolute atomic E-state index is 3.98. The van der Waals surface area contributed by atoms with E-state index in [1.54, 1.807) is 0 Å². The molecule has 0 unspecified atom stereocenters. The molecule has 0 atom stereocenters. The van der Waals surface area contributed by atoms with Crippen LogP contribution in [0, 0.1) is 22.7 Å². The highest BCUT2D eigenvalue weighted by Gasteiger charge is 2.03. The van der Waals surface area contributed by atoms with Crippen LogP contribution in [-0.2, 0) is 0 Å². The third-order valence-electron chi connectivity index (χ3n) is 1.87. The predicted molar refractivity (Wildman–Crippen MR) is 77.6 cm³/mol. The third kappa shape index (κ3) is 12.8. The van der Waals surface area contributed by atoms with Crippen molar-refractivity contribution in [2.45, 2.75) is 48.0 Å². The van der Waals surface area contributed by atoms with E-state index in [1.165, 1.54) is 0 Å². The molecule has 0 saturated carbocycles. The molecule has 0 radical (unpaired) electrons. The average Bonchev–Trinajstić information content (AvgIpc) is 2.09. The Bertz CT molecular complexity index is 323. The first-order valence-electron chi connectivity index (χ1n) is 6.19.